The molecule has 1 saturated heterocycles. The molecule has 0 aliphatic carbocycles. The van der Waals surface area contributed by atoms with E-state index in [9.17, 15) is 0 Å². The Hall–Kier alpha value is -1.99. The zero-order valence-electron chi connectivity index (χ0n) is 15.8. The highest BCUT2D eigenvalue weighted by atomic mass is 79.9. The van der Waals surface area contributed by atoms with Gasteiger partial charge in [0, 0.05) is 6.54 Å². The number of nitrogens with two attached hydrogens (primary N) is 1. The summed E-state index contributed by atoms with van der Waals surface area (Å²) in [5.41, 5.74) is 7.31. The van der Waals surface area contributed by atoms with Gasteiger partial charge >= 0.3 is 0 Å². The van der Waals surface area contributed by atoms with Gasteiger partial charge in [-0.15, -0.1) is 17.0 Å². The molecule has 0 saturated carbocycles. The average molecular weight is 437 g/mol. The Morgan fingerprint density at radius 3 is 2.59 bits per heavy atom. The monoisotopic (exact) mass is 436 g/mol. The van der Waals surface area contributed by atoms with E-state index < -0.39 is 0 Å². The number of likely N-dealkylation sites (tertiary alicyclic amines) is 1. The molecule has 148 valence electrons. The number of rotatable bonds is 7. The zero-order chi connectivity index (χ0) is 18.2. The predicted molar refractivity (Wildman–Crippen MR) is 114 cm³/mol. The maximum atomic E-state index is 6.05. The van der Waals surface area contributed by atoms with Crippen molar-refractivity contribution in [3.63, 3.8) is 0 Å². The lowest BCUT2D eigenvalue weighted by Gasteiger charge is -2.35. The second kappa shape index (κ2) is 11.0. The van der Waals surface area contributed by atoms with Gasteiger partial charge in [0.15, 0.2) is 5.96 Å². The number of hydrogen-bond acceptors (Lipinski definition) is 4. The number of aliphatic imine (C=N–C) groups is 1. The predicted octanol–water partition coefficient (Wildman–Crippen LogP) is 3.50. The maximum Gasteiger partial charge on any atom is 0.189 e. The molecule has 1 fully saturated rings. The number of nitrogens with one attached hydrogen (secondary N) is 1. The smallest absolute Gasteiger partial charge is 0.189 e. The number of hydrogen-bond donors (Lipinski definition) is 2. The molecule has 7 heteroatoms. The third-order valence-electron chi connectivity index (χ3n) is 4.79. The number of methoxy groups -OCH3 is 1. The van der Waals surface area contributed by atoms with E-state index in [1.807, 2.05) is 24.3 Å². The van der Waals surface area contributed by atoms with Crippen LogP contribution < -0.4 is 15.8 Å². The first-order valence-corrected chi connectivity index (χ1v) is 9.20. The van der Waals surface area contributed by atoms with Crippen molar-refractivity contribution in [3.8, 4) is 5.75 Å². The first-order valence-electron chi connectivity index (χ1n) is 9.20. The third-order valence-corrected chi connectivity index (χ3v) is 4.79. The van der Waals surface area contributed by atoms with Crippen molar-refractivity contribution < 1.29 is 9.15 Å². The Balaban J connectivity index is 0.00000261. The van der Waals surface area contributed by atoms with E-state index in [2.05, 4.69) is 27.3 Å². The van der Waals surface area contributed by atoms with Gasteiger partial charge in [0.1, 0.15) is 18.1 Å². The average Bonchev–Trinajstić information content (AvgIpc) is 3.21. The molecule has 0 bridgehead atoms. The van der Waals surface area contributed by atoms with Crippen LogP contribution in [0.2, 0.25) is 0 Å². The van der Waals surface area contributed by atoms with E-state index in [-0.39, 0.29) is 23.0 Å². The summed E-state index contributed by atoms with van der Waals surface area (Å²) in [6, 6.07) is 12.3. The summed E-state index contributed by atoms with van der Waals surface area (Å²) >= 11 is 0. The Labute approximate surface area is 171 Å². The Bertz CT molecular complexity index is 683. The largest absolute Gasteiger partial charge is 0.497 e. The highest BCUT2D eigenvalue weighted by Gasteiger charge is 2.22. The first kappa shape index (κ1) is 21.3. The van der Waals surface area contributed by atoms with Gasteiger partial charge in [-0.05, 0) is 55.8 Å². The Kier molecular flexibility index (Phi) is 8.67. The molecular weight excluding hydrogens is 408 g/mol. The van der Waals surface area contributed by atoms with Gasteiger partial charge in [-0.1, -0.05) is 18.6 Å². The van der Waals surface area contributed by atoms with E-state index in [1.54, 1.807) is 13.4 Å². The summed E-state index contributed by atoms with van der Waals surface area (Å²) in [6.07, 6.45) is 5.44. The van der Waals surface area contributed by atoms with E-state index in [0.717, 1.165) is 31.1 Å². The van der Waals surface area contributed by atoms with Crippen molar-refractivity contribution in [3.05, 3.63) is 54.0 Å². The molecule has 2 heterocycles. The molecule has 0 spiro atoms. The minimum Gasteiger partial charge on any atom is -0.497 e. The van der Waals surface area contributed by atoms with Gasteiger partial charge in [-0.2, -0.15) is 0 Å². The van der Waals surface area contributed by atoms with Crippen molar-refractivity contribution >= 4 is 22.9 Å². The van der Waals surface area contributed by atoms with Crippen molar-refractivity contribution in [2.24, 2.45) is 10.7 Å². The minimum atomic E-state index is 0. The van der Waals surface area contributed by atoms with Gasteiger partial charge in [0.2, 0.25) is 0 Å². The summed E-state index contributed by atoms with van der Waals surface area (Å²) in [4.78, 5) is 6.88. The molecule has 1 aliphatic rings. The SMILES string of the molecule is Br.COc1ccc(C(CNC(N)=NCc2ccco2)N2CCCCC2)cc1. The summed E-state index contributed by atoms with van der Waals surface area (Å²) in [6.45, 7) is 3.40. The van der Waals surface area contributed by atoms with Crippen LogP contribution in [0.5, 0.6) is 5.75 Å². The molecule has 0 radical (unpaired) electrons. The van der Waals surface area contributed by atoms with Crippen LogP contribution in [-0.4, -0.2) is 37.6 Å². The lowest BCUT2D eigenvalue weighted by molar-refractivity contribution is 0.164. The summed E-state index contributed by atoms with van der Waals surface area (Å²) < 4.78 is 10.6. The molecule has 0 amide bonds. The van der Waals surface area contributed by atoms with Gasteiger partial charge in [0.05, 0.1) is 19.4 Å². The molecule has 27 heavy (non-hydrogen) atoms. The van der Waals surface area contributed by atoms with Gasteiger partial charge < -0.3 is 20.2 Å². The van der Waals surface area contributed by atoms with Crippen LogP contribution in [0.15, 0.2) is 52.1 Å². The van der Waals surface area contributed by atoms with Crippen molar-refractivity contribution in [2.75, 3.05) is 26.7 Å². The lowest BCUT2D eigenvalue weighted by Crippen LogP contribution is -2.42. The fraction of sp³-hybridized carbons (Fsp3) is 0.450. The standard InChI is InChI=1S/C20H28N4O2.BrH/c1-25-17-9-7-16(8-10-17)19(24-11-3-2-4-12-24)15-23-20(21)22-14-18-6-5-13-26-18;/h5-10,13,19H,2-4,11-12,14-15H2,1H3,(H3,21,22,23);1H. The van der Waals surface area contributed by atoms with Crippen molar-refractivity contribution in [2.45, 2.75) is 31.8 Å². The summed E-state index contributed by atoms with van der Waals surface area (Å²) in [5, 5.41) is 3.28. The first-order chi connectivity index (χ1) is 12.8. The zero-order valence-corrected chi connectivity index (χ0v) is 17.5. The van der Waals surface area contributed by atoms with Crippen LogP contribution in [0.25, 0.3) is 0 Å². The topological polar surface area (TPSA) is 76.0 Å². The van der Waals surface area contributed by atoms with Crippen LogP contribution in [0.3, 0.4) is 0 Å². The van der Waals surface area contributed by atoms with Gasteiger partial charge in [-0.25, -0.2) is 4.99 Å². The van der Waals surface area contributed by atoms with Gasteiger partial charge in [0.25, 0.3) is 0 Å². The number of furan rings is 1. The molecule has 1 unspecified atom stereocenters. The molecule has 6 nitrogen and oxygen atoms in total. The number of ether oxygens (including phenoxy) is 1. The van der Waals surface area contributed by atoms with E-state index in [0.29, 0.717) is 12.5 Å². The molecule has 3 rings (SSSR count). The van der Waals surface area contributed by atoms with Gasteiger partial charge in [-0.3, -0.25) is 4.90 Å². The molecular formula is C20H29BrN4O2. The maximum absolute atomic E-state index is 6.05. The highest BCUT2D eigenvalue weighted by molar-refractivity contribution is 8.93. The quantitative estimate of drug-likeness (QED) is 0.512. The van der Waals surface area contributed by atoms with Crippen LogP contribution in [0.4, 0.5) is 0 Å². The van der Waals surface area contributed by atoms with Crippen LogP contribution in [-0.2, 0) is 6.54 Å². The van der Waals surface area contributed by atoms with E-state index >= 15 is 0 Å². The number of piperidine rings is 1. The third kappa shape index (κ3) is 6.29. The number of halogens is 1. The lowest BCUT2D eigenvalue weighted by atomic mass is 10.0. The van der Waals surface area contributed by atoms with E-state index in [1.165, 1.54) is 24.8 Å². The van der Waals surface area contributed by atoms with Crippen LogP contribution in [0.1, 0.15) is 36.6 Å². The highest BCUT2D eigenvalue weighted by Crippen LogP contribution is 2.25. The molecule has 2 aromatic rings. The molecule has 1 aromatic heterocycles. The summed E-state index contributed by atoms with van der Waals surface area (Å²) in [7, 11) is 1.69. The second-order valence-corrected chi connectivity index (χ2v) is 6.55. The number of benzene rings is 1. The van der Waals surface area contributed by atoms with Crippen molar-refractivity contribution in [1.29, 1.82) is 0 Å². The normalized spacial score (nSPS) is 16.4. The second-order valence-electron chi connectivity index (χ2n) is 6.55. The van der Waals surface area contributed by atoms with Crippen LogP contribution >= 0.6 is 17.0 Å². The Morgan fingerprint density at radius 1 is 1.22 bits per heavy atom. The molecule has 1 aromatic carbocycles. The fourth-order valence-electron chi connectivity index (χ4n) is 3.34. The fourth-order valence-corrected chi connectivity index (χ4v) is 3.34. The van der Waals surface area contributed by atoms with E-state index in [4.69, 9.17) is 14.9 Å². The number of guanidine groups is 1. The molecule has 1 atom stereocenters. The van der Waals surface area contributed by atoms with Crippen molar-refractivity contribution in [1.82, 2.24) is 10.2 Å². The Morgan fingerprint density at radius 2 is 1.96 bits per heavy atom. The number of nitrogens with zero attached hydrogens (tertiary/aromatic N) is 2. The summed E-state index contributed by atoms with van der Waals surface area (Å²) in [5.74, 6) is 2.12. The molecule has 1 aliphatic heterocycles. The molecule has 3 N–H and O–H groups in total. The minimum absolute atomic E-state index is 0. The van der Waals surface area contributed by atoms with Crippen LogP contribution in [0, 0.1) is 0 Å².